The number of piperazine rings is 1. The molecule has 0 amide bonds. The molecule has 1 saturated heterocycles. The summed E-state index contributed by atoms with van der Waals surface area (Å²) in [6.45, 7) is 4.71. The highest BCUT2D eigenvalue weighted by molar-refractivity contribution is 7.80. The Morgan fingerprint density at radius 2 is 1.70 bits per heavy atom. The van der Waals surface area contributed by atoms with Crippen molar-refractivity contribution in [2.45, 2.75) is 6.54 Å². The molecule has 0 atom stereocenters. The molecule has 0 aromatic heterocycles. The number of fused-ring (bicyclic) bond motifs is 1. The van der Waals surface area contributed by atoms with Crippen molar-refractivity contribution in [1.29, 1.82) is 0 Å². The number of benzene rings is 3. The quantitative estimate of drug-likeness (QED) is 0.617. The molecule has 3 aromatic carbocycles. The van der Waals surface area contributed by atoms with Gasteiger partial charge in [-0.1, -0.05) is 42.5 Å². The minimum absolute atomic E-state index is 0.714. The van der Waals surface area contributed by atoms with Gasteiger partial charge in [0.25, 0.3) is 0 Å². The summed E-state index contributed by atoms with van der Waals surface area (Å²) in [7, 11) is 3.29. The Balaban J connectivity index is 1.36. The Kier molecular flexibility index (Phi) is 6.35. The normalized spacial score (nSPS) is 14.5. The minimum atomic E-state index is 0.714. The molecule has 30 heavy (non-hydrogen) atoms. The maximum atomic E-state index is 5.67. The van der Waals surface area contributed by atoms with Crippen molar-refractivity contribution >= 4 is 33.8 Å². The first-order chi connectivity index (χ1) is 14.7. The molecule has 4 rings (SSSR count). The molecule has 0 spiro atoms. The molecule has 0 bridgehead atoms. The summed E-state index contributed by atoms with van der Waals surface area (Å²) in [4.78, 5) is 4.72. The number of ether oxygens (including phenoxy) is 2. The van der Waals surface area contributed by atoms with Crippen molar-refractivity contribution in [3.8, 4) is 11.5 Å². The number of rotatable bonds is 5. The number of hydrogen-bond donors (Lipinski definition) is 1. The zero-order chi connectivity index (χ0) is 20.9. The molecule has 0 aliphatic carbocycles. The van der Waals surface area contributed by atoms with Gasteiger partial charge in [0.15, 0.2) is 5.11 Å². The minimum Gasteiger partial charge on any atom is -0.497 e. The van der Waals surface area contributed by atoms with E-state index in [2.05, 4.69) is 57.6 Å². The van der Waals surface area contributed by atoms with Crippen molar-refractivity contribution in [3.63, 3.8) is 0 Å². The van der Waals surface area contributed by atoms with Gasteiger partial charge in [0.05, 0.1) is 19.9 Å². The molecular formula is C24H27N3O2S. The molecule has 0 radical (unpaired) electrons. The van der Waals surface area contributed by atoms with E-state index in [1.54, 1.807) is 14.2 Å². The topological polar surface area (TPSA) is 37.0 Å². The SMILES string of the molecule is COc1ccc(NC(=S)N2CCN(Cc3cccc4ccccc34)CC2)c(OC)c1. The summed E-state index contributed by atoms with van der Waals surface area (Å²) < 4.78 is 10.7. The molecule has 156 valence electrons. The predicted molar refractivity (Wildman–Crippen MR) is 127 cm³/mol. The molecule has 1 heterocycles. The van der Waals surface area contributed by atoms with Crippen LogP contribution in [0.3, 0.4) is 0 Å². The molecular weight excluding hydrogens is 394 g/mol. The van der Waals surface area contributed by atoms with Crippen molar-refractivity contribution < 1.29 is 9.47 Å². The van der Waals surface area contributed by atoms with Crippen molar-refractivity contribution in [2.24, 2.45) is 0 Å². The maximum Gasteiger partial charge on any atom is 0.173 e. The second-order valence-electron chi connectivity index (χ2n) is 7.40. The molecule has 6 heteroatoms. The van der Waals surface area contributed by atoms with Crippen LogP contribution in [0, 0.1) is 0 Å². The lowest BCUT2D eigenvalue weighted by Crippen LogP contribution is -2.49. The highest BCUT2D eigenvalue weighted by atomic mass is 32.1. The fourth-order valence-electron chi connectivity index (χ4n) is 3.88. The van der Waals surface area contributed by atoms with Crippen molar-refractivity contribution in [2.75, 3.05) is 45.7 Å². The van der Waals surface area contributed by atoms with E-state index in [4.69, 9.17) is 21.7 Å². The van der Waals surface area contributed by atoms with Gasteiger partial charge >= 0.3 is 0 Å². The van der Waals surface area contributed by atoms with Crippen LogP contribution in [-0.4, -0.2) is 55.3 Å². The molecule has 1 aliphatic rings. The van der Waals surface area contributed by atoms with Crippen LogP contribution < -0.4 is 14.8 Å². The molecule has 5 nitrogen and oxygen atoms in total. The molecule has 1 fully saturated rings. The first-order valence-corrected chi connectivity index (χ1v) is 10.6. The summed E-state index contributed by atoms with van der Waals surface area (Å²) >= 11 is 5.67. The highest BCUT2D eigenvalue weighted by Gasteiger charge is 2.20. The van der Waals surface area contributed by atoms with E-state index in [-0.39, 0.29) is 0 Å². The van der Waals surface area contributed by atoms with Gasteiger partial charge in [0, 0.05) is 38.8 Å². The van der Waals surface area contributed by atoms with E-state index in [0.717, 1.165) is 49.3 Å². The first kappa shape index (κ1) is 20.4. The zero-order valence-corrected chi connectivity index (χ0v) is 18.2. The largest absolute Gasteiger partial charge is 0.497 e. The van der Waals surface area contributed by atoms with Crippen molar-refractivity contribution in [1.82, 2.24) is 9.80 Å². The van der Waals surface area contributed by atoms with Crippen LogP contribution in [-0.2, 0) is 6.54 Å². The van der Waals surface area contributed by atoms with Crippen LogP contribution in [0.25, 0.3) is 10.8 Å². The summed E-state index contributed by atoms with van der Waals surface area (Å²) in [5, 5.41) is 6.69. The standard InChI is InChI=1S/C24H27N3O2S/c1-28-20-10-11-22(23(16-20)29-2)25-24(30)27-14-12-26(13-15-27)17-19-8-5-7-18-6-3-4-9-21(18)19/h3-11,16H,12-15,17H2,1-2H3,(H,25,30). The lowest BCUT2D eigenvalue weighted by atomic mass is 10.0. The van der Waals surface area contributed by atoms with Gasteiger partial charge in [-0.05, 0) is 40.7 Å². The Morgan fingerprint density at radius 1 is 0.933 bits per heavy atom. The van der Waals surface area contributed by atoms with Gasteiger partial charge in [-0.25, -0.2) is 0 Å². The third-order valence-corrected chi connectivity index (χ3v) is 5.94. The Hall–Kier alpha value is -2.83. The smallest absolute Gasteiger partial charge is 0.173 e. The molecule has 0 unspecified atom stereocenters. The fourth-order valence-corrected chi connectivity index (χ4v) is 4.17. The van der Waals surface area contributed by atoms with Gasteiger partial charge in [0.1, 0.15) is 11.5 Å². The highest BCUT2D eigenvalue weighted by Crippen LogP contribution is 2.29. The van der Waals surface area contributed by atoms with Crippen LogP contribution >= 0.6 is 12.2 Å². The number of methoxy groups -OCH3 is 2. The van der Waals surface area contributed by atoms with Crippen LogP contribution in [0.5, 0.6) is 11.5 Å². The van der Waals surface area contributed by atoms with Crippen LogP contribution in [0.1, 0.15) is 5.56 Å². The van der Waals surface area contributed by atoms with Crippen LogP contribution in [0.15, 0.2) is 60.7 Å². The van der Waals surface area contributed by atoms with E-state index in [1.807, 2.05) is 18.2 Å². The lowest BCUT2D eigenvalue weighted by Gasteiger charge is -2.36. The maximum absolute atomic E-state index is 5.67. The number of anilines is 1. The van der Waals surface area contributed by atoms with Crippen LogP contribution in [0.4, 0.5) is 5.69 Å². The zero-order valence-electron chi connectivity index (χ0n) is 17.4. The van der Waals surface area contributed by atoms with Gasteiger partial charge in [-0.2, -0.15) is 0 Å². The van der Waals surface area contributed by atoms with Gasteiger partial charge in [-0.3, -0.25) is 4.90 Å². The van der Waals surface area contributed by atoms with E-state index in [1.165, 1.54) is 16.3 Å². The van der Waals surface area contributed by atoms with E-state index in [0.29, 0.717) is 5.75 Å². The Bertz CT molecular complexity index is 1030. The average Bonchev–Trinajstić information content (AvgIpc) is 2.80. The van der Waals surface area contributed by atoms with E-state index in [9.17, 15) is 0 Å². The first-order valence-electron chi connectivity index (χ1n) is 10.1. The summed E-state index contributed by atoms with van der Waals surface area (Å²) in [5.41, 5.74) is 2.23. The molecule has 0 saturated carbocycles. The van der Waals surface area contributed by atoms with Gasteiger partial charge in [0.2, 0.25) is 0 Å². The Labute approximate surface area is 183 Å². The Morgan fingerprint density at radius 3 is 2.47 bits per heavy atom. The van der Waals surface area contributed by atoms with Gasteiger partial charge in [-0.15, -0.1) is 0 Å². The number of hydrogen-bond acceptors (Lipinski definition) is 4. The van der Waals surface area contributed by atoms with E-state index >= 15 is 0 Å². The lowest BCUT2D eigenvalue weighted by molar-refractivity contribution is 0.177. The second kappa shape index (κ2) is 9.32. The fraction of sp³-hybridized carbons (Fsp3) is 0.292. The monoisotopic (exact) mass is 421 g/mol. The van der Waals surface area contributed by atoms with E-state index < -0.39 is 0 Å². The van der Waals surface area contributed by atoms with Crippen LogP contribution in [0.2, 0.25) is 0 Å². The number of nitrogens with one attached hydrogen (secondary N) is 1. The number of nitrogens with zero attached hydrogens (tertiary/aromatic N) is 2. The second-order valence-corrected chi connectivity index (χ2v) is 7.78. The third kappa shape index (κ3) is 4.50. The molecule has 1 N–H and O–H groups in total. The van der Waals surface area contributed by atoms with Gasteiger partial charge < -0.3 is 19.7 Å². The third-order valence-electron chi connectivity index (χ3n) is 5.58. The molecule has 3 aromatic rings. The summed E-state index contributed by atoms with van der Waals surface area (Å²) in [5.74, 6) is 1.47. The average molecular weight is 422 g/mol. The summed E-state index contributed by atoms with van der Waals surface area (Å²) in [6, 6.07) is 20.8. The molecule has 1 aliphatic heterocycles. The predicted octanol–water partition coefficient (Wildman–Crippen LogP) is 4.37. The summed E-state index contributed by atoms with van der Waals surface area (Å²) in [6.07, 6.45) is 0. The number of thiocarbonyl (C=S) groups is 1. The van der Waals surface area contributed by atoms with Crippen molar-refractivity contribution in [3.05, 3.63) is 66.2 Å².